The molecule has 8 rings (SSSR count). The molecule has 1 aliphatic heterocycles. The number of carbonyl (C=O) groups is 1. The van der Waals surface area contributed by atoms with Crippen molar-refractivity contribution in [2.75, 3.05) is 53.5 Å². The summed E-state index contributed by atoms with van der Waals surface area (Å²) in [7, 11) is 1.29. The van der Waals surface area contributed by atoms with Crippen LogP contribution < -0.4 is 23.4 Å². The number of para-hydroxylation sites is 1. The molecule has 4 heterocycles. The van der Waals surface area contributed by atoms with Crippen LogP contribution in [0.15, 0.2) is 102 Å². The largest absolute Gasteiger partial charge is 0.543 e. The van der Waals surface area contributed by atoms with Gasteiger partial charge in [-0.05, 0) is 104 Å². The van der Waals surface area contributed by atoms with Gasteiger partial charge in [0.2, 0.25) is 26.0 Å². The first-order chi connectivity index (χ1) is 34.4. The summed E-state index contributed by atoms with van der Waals surface area (Å²) in [5.74, 6) is 0.491. The zero-order valence-corrected chi connectivity index (χ0v) is 43.6. The van der Waals surface area contributed by atoms with Crippen LogP contribution in [-0.2, 0) is 17.8 Å². The third-order valence-corrected chi connectivity index (χ3v) is 17.9. The molecule has 0 spiro atoms. The Morgan fingerprint density at radius 3 is 2.31 bits per heavy atom. The maximum absolute atomic E-state index is 14.3. The van der Waals surface area contributed by atoms with Gasteiger partial charge in [-0.1, -0.05) is 56.1 Å². The number of carboxylic acids is 1. The third-order valence-electron chi connectivity index (χ3n) is 13.0. The number of aromatic nitrogens is 4. The number of rotatable bonds is 19. The smallest absolute Gasteiger partial charge is 0.345 e. The first-order valence-corrected chi connectivity index (χ1v) is 27.1. The number of fused-ring (bicyclic) bond motifs is 1. The molecule has 378 valence electrons. The lowest BCUT2D eigenvalue weighted by Gasteiger charge is -2.36. The lowest BCUT2D eigenvalue weighted by molar-refractivity contribution is -0.145. The van der Waals surface area contributed by atoms with Gasteiger partial charge in [0.15, 0.2) is 11.6 Å². The molecule has 72 heavy (non-hydrogen) atoms. The Bertz CT molecular complexity index is 3020. The summed E-state index contributed by atoms with van der Waals surface area (Å²) in [6.07, 6.45) is 0.451. The first-order valence-electron chi connectivity index (χ1n) is 23.4. The van der Waals surface area contributed by atoms with E-state index in [2.05, 4.69) is 65.7 Å². The molecule has 7 aromatic rings. The van der Waals surface area contributed by atoms with Crippen LogP contribution in [0, 0.1) is 5.82 Å². The highest BCUT2D eigenvalue weighted by Gasteiger charge is 2.39. The average Bonchev–Trinajstić information content (AvgIpc) is 3.75. The molecule has 19 heteroatoms. The van der Waals surface area contributed by atoms with Crippen LogP contribution in [0.1, 0.15) is 32.0 Å². The molecule has 1 aliphatic rings. The Balaban J connectivity index is 1.15. The monoisotopic (exact) mass is 1040 g/mol. The number of methoxy groups -OCH3 is 1. The van der Waals surface area contributed by atoms with Gasteiger partial charge in [-0.2, -0.15) is 0 Å². The van der Waals surface area contributed by atoms with E-state index in [1.807, 2.05) is 30.3 Å². The van der Waals surface area contributed by atoms with Gasteiger partial charge in [-0.3, -0.25) is 4.90 Å². The minimum Gasteiger partial charge on any atom is -0.543 e. The predicted molar refractivity (Wildman–Crippen MR) is 276 cm³/mol. The van der Waals surface area contributed by atoms with E-state index in [0.29, 0.717) is 63.1 Å². The molecule has 0 amide bonds. The maximum atomic E-state index is 14.3. The van der Waals surface area contributed by atoms with E-state index in [4.69, 9.17) is 56.0 Å². The molecule has 0 bridgehead atoms. The van der Waals surface area contributed by atoms with Crippen molar-refractivity contribution in [1.82, 2.24) is 29.7 Å². The van der Waals surface area contributed by atoms with Crippen LogP contribution in [-0.4, -0.2) is 120 Å². The lowest BCUT2D eigenvalue weighted by atomic mass is 9.99. The highest BCUT2D eigenvalue weighted by Crippen LogP contribution is 2.47. The predicted octanol–water partition coefficient (Wildman–Crippen LogP) is 10.5. The fourth-order valence-corrected chi connectivity index (χ4v) is 9.58. The van der Waals surface area contributed by atoms with Gasteiger partial charge in [-0.15, -0.1) is 0 Å². The number of benzene rings is 4. The number of carboxylic acid groups (broad SMARTS) is 1. The number of aliphatic hydroxyl groups is 1. The topological polar surface area (TPSA) is 175 Å². The summed E-state index contributed by atoms with van der Waals surface area (Å²) in [5.41, 5.74) is 3.01. The molecule has 0 saturated carbocycles. The Morgan fingerprint density at radius 2 is 1.62 bits per heavy atom. The quantitative estimate of drug-likeness (QED) is 0.0732. The van der Waals surface area contributed by atoms with Crippen LogP contribution in [0.2, 0.25) is 28.2 Å². The second kappa shape index (κ2) is 22.2. The lowest BCUT2D eigenvalue weighted by Crippen LogP contribution is -2.48. The van der Waals surface area contributed by atoms with Gasteiger partial charge in [0.05, 0.1) is 35.0 Å². The van der Waals surface area contributed by atoms with Crippen molar-refractivity contribution in [2.24, 2.45) is 0 Å². The van der Waals surface area contributed by atoms with Gasteiger partial charge >= 0.3 is 5.97 Å². The minimum absolute atomic E-state index is 0.0155. The molecule has 1 saturated heterocycles. The molecule has 4 aromatic carbocycles. The van der Waals surface area contributed by atoms with E-state index in [1.165, 1.54) is 30.6 Å². The number of piperazine rings is 1. The highest BCUT2D eigenvalue weighted by molar-refractivity contribution is 6.74. The first kappa shape index (κ1) is 52.0. The van der Waals surface area contributed by atoms with Crippen molar-refractivity contribution in [3.05, 3.63) is 125 Å². The van der Waals surface area contributed by atoms with Crippen LogP contribution in [0.4, 0.5) is 4.39 Å². The number of aliphatic carboxylic acids is 1. The number of ether oxygens (including phenoxy) is 4. The number of furan rings is 1. The van der Waals surface area contributed by atoms with Crippen molar-refractivity contribution in [3.63, 3.8) is 0 Å². The molecular weight excluding hydrogens is 983 g/mol. The van der Waals surface area contributed by atoms with Crippen LogP contribution in [0.3, 0.4) is 0 Å². The van der Waals surface area contributed by atoms with E-state index in [0.717, 1.165) is 26.2 Å². The van der Waals surface area contributed by atoms with Gasteiger partial charge in [0.1, 0.15) is 53.3 Å². The highest BCUT2D eigenvalue weighted by atomic mass is 35.5. The second-order valence-corrected chi connectivity index (χ2v) is 24.6. The van der Waals surface area contributed by atoms with E-state index in [1.54, 1.807) is 43.6 Å². The van der Waals surface area contributed by atoms with Crippen molar-refractivity contribution in [2.45, 2.75) is 64.1 Å². The molecular formula is C53H57Cl2FN6O9Si. The summed E-state index contributed by atoms with van der Waals surface area (Å²) in [6.45, 7) is 14.2. The molecule has 1 fully saturated rings. The number of nitrogens with zero attached hydrogens (tertiary/aromatic N) is 6. The summed E-state index contributed by atoms with van der Waals surface area (Å²) in [5, 5.41) is 21.6. The molecule has 0 aliphatic carbocycles. The van der Waals surface area contributed by atoms with Gasteiger partial charge in [0.25, 0.3) is 0 Å². The summed E-state index contributed by atoms with van der Waals surface area (Å²) < 4.78 is 52.1. The summed E-state index contributed by atoms with van der Waals surface area (Å²) in [6, 6.07) is 23.4. The SMILES string of the molecule is COc1ccccc1-c1nccc(COc2ccc(O[Si](C)(C)C(C)(C)C)cc2CC(Oc2ncnc3oc(-c4ccc(F)cc4)c(-c4cc(Cl)c(OC(CO)CN5CCN(C)CC5)c(Cl)c4)c23)C(=O)O)n1. The minimum atomic E-state index is -2.36. The van der Waals surface area contributed by atoms with Crippen molar-refractivity contribution >= 4 is 48.6 Å². The fourth-order valence-electron chi connectivity index (χ4n) is 7.98. The molecule has 0 radical (unpaired) electrons. The Labute approximate surface area is 428 Å². The Morgan fingerprint density at radius 1 is 0.903 bits per heavy atom. The zero-order valence-electron chi connectivity index (χ0n) is 41.1. The maximum Gasteiger partial charge on any atom is 0.345 e. The van der Waals surface area contributed by atoms with Gasteiger partial charge in [-0.25, -0.2) is 29.1 Å². The molecule has 2 N–H and O–H groups in total. The molecule has 15 nitrogen and oxygen atoms in total. The van der Waals surface area contributed by atoms with Gasteiger partial charge in [0, 0.05) is 62.0 Å². The zero-order chi connectivity index (χ0) is 51.3. The van der Waals surface area contributed by atoms with E-state index >= 15 is 0 Å². The average molecular weight is 1040 g/mol. The number of hydrogen-bond acceptors (Lipinski definition) is 14. The van der Waals surface area contributed by atoms with E-state index in [-0.39, 0.29) is 63.2 Å². The van der Waals surface area contributed by atoms with Crippen molar-refractivity contribution in [1.29, 1.82) is 0 Å². The number of likely N-dealkylation sites (N-methyl/N-ethyl adjacent to an activating group) is 1. The summed E-state index contributed by atoms with van der Waals surface area (Å²) in [4.78, 5) is 36.0. The molecule has 3 aromatic heterocycles. The second-order valence-electron chi connectivity index (χ2n) is 19.1. The normalized spacial score (nSPS) is 14.5. The standard InChI is InChI=1S/C53H57Cl2FN6O9Si/c1-53(2,3)72(6,7)71-37-16-17-42(67-30-36-18-19-57-49(60-36)39-10-8-9-11-43(39)66-5)33(24-37)27-44(52(64)65)69-50-46-45(47(70-51(46)59-31-58-50)32-12-14-35(56)15-13-32)34-25-40(54)48(41(55)26-34)68-38(29-63)28-62-22-20-61(4)21-23-62/h8-19,24-26,31,38,44,63H,20-23,27-30H2,1-7H3,(H,64,65). The van der Waals surface area contributed by atoms with Crippen molar-refractivity contribution < 1.29 is 47.2 Å². The molecule has 2 unspecified atom stereocenters. The van der Waals surface area contributed by atoms with E-state index < -0.39 is 32.3 Å². The van der Waals surface area contributed by atoms with Crippen LogP contribution in [0.5, 0.6) is 28.9 Å². The molecule has 2 atom stereocenters. The van der Waals surface area contributed by atoms with E-state index in [9.17, 15) is 19.4 Å². The van der Waals surface area contributed by atoms with Gasteiger partial charge < -0.3 is 42.9 Å². The van der Waals surface area contributed by atoms with Crippen molar-refractivity contribution in [3.8, 4) is 62.7 Å². The number of halogens is 3. The Hall–Kier alpha value is -6.34. The summed E-state index contributed by atoms with van der Waals surface area (Å²) >= 11 is 14.0. The number of aliphatic hydroxyl groups excluding tert-OH is 1. The number of hydrogen-bond donors (Lipinski definition) is 2. The Kier molecular flexibility index (Phi) is 16.0. The third kappa shape index (κ3) is 11.9. The van der Waals surface area contributed by atoms with Crippen LogP contribution in [0.25, 0.3) is 44.9 Å². The van der Waals surface area contributed by atoms with Crippen LogP contribution >= 0.6 is 23.2 Å². The fraction of sp³-hybridized carbons (Fsp3) is 0.340.